The van der Waals surface area contributed by atoms with Crippen molar-refractivity contribution in [2.45, 2.75) is 31.6 Å². The highest BCUT2D eigenvalue weighted by Gasteiger charge is 2.21. The van der Waals surface area contributed by atoms with Gasteiger partial charge in [-0.05, 0) is 44.4 Å². The molecule has 2 unspecified atom stereocenters. The summed E-state index contributed by atoms with van der Waals surface area (Å²) in [5, 5.41) is 2.63. The number of thioether (sulfide) groups is 1. The first-order chi connectivity index (χ1) is 8.06. The maximum Gasteiger partial charge on any atom is 0.0545 e. The van der Waals surface area contributed by atoms with E-state index in [4.69, 9.17) is 5.73 Å². The van der Waals surface area contributed by atoms with Crippen molar-refractivity contribution in [2.75, 3.05) is 26.4 Å². The van der Waals surface area contributed by atoms with Crippen LogP contribution in [-0.4, -0.2) is 37.3 Å². The average molecular weight is 272 g/mol. The molecule has 0 aromatic carbocycles. The van der Waals surface area contributed by atoms with Gasteiger partial charge in [-0.3, -0.25) is 0 Å². The minimum absolute atomic E-state index is 0.263. The summed E-state index contributed by atoms with van der Waals surface area (Å²) in [6, 6.07) is 2.46. The molecular formula is C13H24N2S2. The Labute approximate surface area is 114 Å². The van der Waals surface area contributed by atoms with E-state index >= 15 is 0 Å². The first-order valence-corrected chi connectivity index (χ1v) is 8.05. The molecule has 2 atom stereocenters. The van der Waals surface area contributed by atoms with Crippen LogP contribution in [0.1, 0.15) is 29.0 Å². The molecule has 0 bridgehead atoms. The molecule has 0 spiro atoms. The van der Waals surface area contributed by atoms with Crippen molar-refractivity contribution in [1.82, 2.24) is 4.90 Å². The maximum absolute atomic E-state index is 6.27. The fourth-order valence-corrected chi connectivity index (χ4v) is 4.50. The lowest BCUT2D eigenvalue weighted by molar-refractivity contribution is 0.437. The van der Waals surface area contributed by atoms with E-state index in [1.54, 1.807) is 0 Å². The first kappa shape index (κ1) is 15.0. The molecule has 0 amide bonds. The second kappa shape index (κ2) is 7.41. The van der Waals surface area contributed by atoms with Crippen molar-refractivity contribution in [2.24, 2.45) is 5.73 Å². The SMILES string of the molecule is CCC(N)C(SCCN(C)C)c1sccc1C. The molecule has 17 heavy (non-hydrogen) atoms. The van der Waals surface area contributed by atoms with Gasteiger partial charge in [0.15, 0.2) is 0 Å². The lowest BCUT2D eigenvalue weighted by atomic mass is 10.1. The molecule has 0 radical (unpaired) electrons. The molecule has 98 valence electrons. The van der Waals surface area contributed by atoms with Crippen LogP contribution in [0, 0.1) is 6.92 Å². The summed E-state index contributed by atoms with van der Waals surface area (Å²) in [6.45, 7) is 5.48. The predicted molar refractivity (Wildman–Crippen MR) is 81.1 cm³/mol. The molecule has 0 aliphatic rings. The molecule has 2 N–H and O–H groups in total. The molecule has 4 heteroatoms. The number of hydrogen-bond acceptors (Lipinski definition) is 4. The van der Waals surface area contributed by atoms with E-state index in [9.17, 15) is 0 Å². The van der Waals surface area contributed by atoms with E-state index in [0.717, 1.165) is 18.7 Å². The van der Waals surface area contributed by atoms with Crippen molar-refractivity contribution in [3.63, 3.8) is 0 Å². The van der Waals surface area contributed by atoms with Crippen LogP contribution in [0.4, 0.5) is 0 Å². The molecule has 1 heterocycles. The molecular weight excluding hydrogens is 248 g/mol. The highest BCUT2D eigenvalue weighted by Crippen LogP contribution is 2.37. The van der Waals surface area contributed by atoms with Crippen LogP contribution in [0.5, 0.6) is 0 Å². The number of hydrogen-bond donors (Lipinski definition) is 1. The monoisotopic (exact) mass is 272 g/mol. The van der Waals surface area contributed by atoms with Crippen molar-refractivity contribution >= 4 is 23.1 Å². The number of aryl methyl sites for hydroxylation is 1. The van der Waals surface area contributed by atoms with Crippen LogP contribution in [0.2, 0.25) is 0 Å². The predicted octanol–water partition coefficient (Wildman–Crippen LogP) is 3.13. The van der Waals surface area contributed by atoms with Crippen LogP contribution < -0.4 is 5.73 Å². The Morgan fingerprint density at radius 2 is 2.18 bits per heavy atom. The molecule has 0 aliphatic heterocycles. The van der Waals surface area contributed by atoms with Gasteiger partial charge in [-0.15, -0.1) is 23.1 Å². The summed E-state index contributed by atoms with van der Waals surface area (Å²) in [6.07, 6.45) is 1.04. The molecule has 1 rings (SSSR count). The Kier molecular flexibility index (Phi) is 6.55. The third-order valence-corrected chi connectivity index (χ3v) is 5.47. The zero-order valence-corrected chi connectivity index (χ0v) is 12.9. The Hall–Kier alpha value is -0.0300. The zero-order valence-electron chi connectivity index (χ0n) is 11.3. The van der Waals surface area contributed by atoms with Gasteiger partial charge >= 0.3 is 0 Å². The van der Waals surface area contributed by atoms with E-state index in [-0.39, 0.29) is 6.04 Å². The van der Waals surface area contributed by atoms with Crippen LogP contribution in [0.15, 0.2) is 11.4 Å². The van der Waals surface area contributed by atoms with Gasteiger partial charge in [0.05, 0.1) is 5.25 Å². The summed E-state index contributed by atoms with van der Waals surface area (Å²) in [7, 11) is 4.23. The van der Waals surface area contributed by atoms with Crippen molar-refractivity contribution in [1.29, 1.82) is 0 Å². The number of nitrogens with zero attached hydrogens (tertiary/aromatic N) is 1. The minimum Gasteiger partial charge on any atom is -0.326 e. The topological polar surface area (TPSA) is 29.3 Å². The van der Waals surface area contributed by atoms with Crippen molar-refractivity contribution < 1.29 is 0 Å². The fourth-order valence-electron chi connectivity index (χ4n) is 1.65. The lowest BCUT2D eigenvalue weighted by Gasteiger charge is -2.23. The van der Waals surface area contributed by atoms with E-state index in [1.807, 2.05) is 23.1 Å². The third-order valence-electron chi connectivity index (χ3n) is 2.86. The van der Waals surface area contributed by atoms with Crippen LogP contribution in [0.3, 0.4) is 0 Å². The maximum atomic E-state index is 6.27. The van der Waals surface area contributed by atoms with E-state index < -0.39 is 0 Å². The largest absolute Gasteiger partial charge is 0.326 e. The summed E-state index contributed by atoms with van der Waals surface area (Å²) >= 11 is 3.84. The van der Waals surface area contributed by atoms with Gasteiger partial charge in [0.1, 0.15) is 0 Å². The summed E-state index contributed by atoms with van der Waals surface area (Å²) in [5.74, 6) is 1.14. The van der Waals surface area contributed by atoms with Gasteiger partial charge in [0.2, 0.25) is 0 Å². The molecule has 1 aromatic rings. The Balaban J connectivity index is 2.65. The Morgan fingerprint density at radius 3 is 2.65 bits per heavy atom. The lowest BCUT2D eigenvalue weighted by Crippen LogP contribution is -2.26. The normalized spacial score (nSPS) is 15.2. The van der Waals surface area contributed by atoms with E-state index in [1.165, 1.54) is 10.4 Å². The third kappa shape index (κ3) is 4.62. The van der Waals surface area contributed by atoms with Gasteiger partial charge in [-0.2, -0.15) is 0 Å². The van der Waals surface area contributed by atoms with Gasteiger partial charge in [-0.25, -0.2) is 0 Å². The fraction of sp³-hybridized carbons (Fsp3) is 0.692. The van der Waals surface area contributed by atoms with Crippen molar-refractivity contribution in [3.05, 3.63) is 21.9 Å². The molecule has 1 aromatic heterocycles. The van der Waals surface area contributed by atoms with Crippen LogP contribution in [-0.2, 0) is 0 Å². The van der Waals surface area contributed by atoms with Crippen molar-refractivity contribution in [3.8, 4) is 0 Å². The molecule has 0 saturated heterocycles. The standard InChI is InChI=1S/C13H24N2S2/c1-5-11(14)13(17-9-7-15(3)4)12-10(2)6-8-16-12/h6,8,11,13H,5,7,9,14H2,1-4H3. The van der Waals surface area contributed by atoms with E-state index in [2.05, 4.69) is 44.3 Å². The smallest absolute Gasteiger partial charge is 0.0545 e. The number of thiophene rings is 1. The second-order valence-electron chi connectivity index (χ2n) is 4.63. The van der Waals surface area contributed by atoms with Gasteiger partial charge in [0.25, 0.3) is 0 Å². The number of nitrogens with two attached hydrogens (primary N) is 1. The molecule has 0 fully saturated rings. The summed E-state index contributed by atoms with van der Waals surface area (Å²) < 4.78 is 0. The quantitative estimate of drug-likeness (QED) is 0.827. The van der Waals surface area contributed by atoms with Gasteiger partial charge in [-0.1, -0.05) is 6.92 Å². The number of rotatable bonds is 7. The molecule has 0 saturated carbocycles. The van der Waals surface area contributed by atoms with Crippen LogP contribution >= 0.6 is 23.1 Å². The van der Waals surface area contributed by atoms with Gasteiger partial charge in [0, 0.05) is 23.2 Å². The first-order valence-electron chi connectivity index (χ1n) is 6.12. The Morgan fingerprint density at radius 1 is 1.47 bits per heavy atom. The molecule has 2 nitrogen and oxygen atoms in total. The highest BCUT2D eigenvalue weighted by atomic mass is 32.2. The van der Waals surface area contributed by atoms with Gasteiger partial charge < -0.3 is 10.6 Å². The van der Waals surface area contributed by atoms with Crippen LogP contribution in [0.25, 0.3) is 0 Å². The minimum atomic E-state index is 0.263. The average Bonchev–Trinajstić information content (AvgIpc) is 2.69. The molecule has 0 aliphatic carbocycles. The second-order valence-corrected chi connectivity index (χ2v) is 6.83. The zero-order chi connectivity index (χ0) is 12.8. The van der Waals surface area contributed by atoms with E-state index in [0.29, 0.717) is 5.25 Å². The Bertz CT molecular complexity index is 323. The highest BCUT2D eigenvalue weighted by molar-refractivity contribution is 7.99. The summed E-state index contributed by atoms with van der Waals surface area (Å²) in [5.41, 5.74) is 7.66. The summed E-state index contributed by atoms with van der Waals surface area (Å²) in [4.78, 5) is 3.69.